The van der Waals surface area contributed by atoms with E-state index in [0.717, 1.165) is 5.56 Å². The smallest absolute Gasteiger partial charge is 0.308 e. The Labute approximate surface area is 164 Å². The number of primary sulfonamides is 1. The third kappa shape index (κ3) is 5.90. The van der Waals surface area contributed by atoms with Gasteiger partial charge in [-0.25, -0.2) is 13.6 Å². The number of nitrogens with one attached hydrogen (secondary N) is 1. The number of amides is 1. The number of benzene rings is 2. The van der Waals surface area contributed by atoms with Gasteiger partial charge in [-0.1, -0.05) is 36.4 Å². The van der Waals surface area contributed by atoms with E-state index >= 15 is 0 Å². The molecule has 0 spiro atoms. The largest absolute Gasteiger partial charge is 0.463 e. The number of ether oxygens (including phenoxy) is 1. The molecule has 0 fully saturated rings. The molecule has 0 saturated carbocycles. The van der Waals surface area contributed by atoms with Crippen LogP contribution >= 0.6 is 0 Å². The predicted molar refractivity (Wildman–Crippen MR) is 105 cm³/mol. The number of carbonyl (C=O) groups excluding carboxylic acids is 2. The maximum absolute atomic E-state index is 12.8. The molecule has 28 heavy (non-hydrogen) atoms. The number of esters is 1. The SMILES string of the molecule is Cc1ccc(S(N)(=O)=O)cc1C(=O)NC(CC(=O)OC(C)C)c1ccccc1. The Kier molecular flexibility index (Phi) is 6.93. The Balaban J connectivity index is 2.31. The normalized spacial score (nSPS) is 12.5. The molecule has 0 saturated heterocycles. The van der Waals surface area contributed by atoms with Gasteiger partial charge in [0.25, 0.3) is 5.91 Å². The highest BCUT2D eigenvalue weighted by molar-refractivity contribution is 7.89. The summed E-state index contributed by atoms with van der Waals surface area (Å²) in [5.74, 6) is -0.951. The van der Waals surface area contributed by atoms with Crippen molar-refractivity contribution in [1.29, 1.82) is 0 Å². The van der Waals surface area contributed by atoms with Crippen molar-refractivity contribution in [3.05, 3.63) is 65.2 Å². The Morgan fingerprint density at radius 3 is 2.32 bits per heavy atom. The van der Waals surface area contributed by atoms with Crippen LogP contribution in [0.15, 0.2) is 53.4 Å². The number of hydrogen-bond acceptors (Lipinski definition) is 5. The van der Waals surface area contributed by atoms with E-state index in [4.69, 9.17) is 9.88 Å². The molecule has 2 aromatic rings. The molecule has 0 aromatic heterocycles. The summed E-state index contributed by atoms with van der Waals surface area (Å²) in [6.07, 6.45) is -0.324. The summed E-state index contributed by atoms with van der Waals surface area (Å²) in [6.45, 7) is 5.18. The lowest BCUT2D eigenvalue weighted by atomic mass is 10.0. The van der Waals surface area contributed by atoms with Crippen LogP contribution in [0.1, 0.15) is 47.8 Å². The van der Waals surface area contributed by atoms with Gasteiger partial charge in [0.05, 0.1) is 23.5 Å². The highest BCUT2D eigenvalue weighted by atomic mass is 32.2. The van der Waals surface area contributed by atoms with Gasteiger partial charge in [0, 0.05) is 5.56 Å². The zero-order chi connectivity index (χ0) is 20.9. The van der Waals surface area contributed by atoms with Gasteiger partial charge < -0.3 is 10.1 Å². The van der Waals surface area contributed by atoms with E-state index in [2.05, 4.69) is 5.32 Å². The van der Waals surface area contributed by atoms with Crippen molar-refractivity contribution in [2.45, 2.75) is 44.2 Å². The molecule has 1 amide bonds. The second-order valence-corrected chi connectivity index (χ2v) is 8.26. The van der Waals surface area contributed by atoms with Crippen LogP contribution in [-0.2, 0) is 19.6 Å². The van der Waals surface area contributed by atoms with Gasteiger partial charge in [0.1, 0.15) is 0 Å². The standard InChI is InChI=1S/C20H24N2O5S/c1-13(2)27-19(23)12-18(15-7-5-4-6-8-15)22-20(24)17-11-16(28(21,25)26)10-9-14(17)3/h4-11,13,18H,12H2,1-3H3,(H,22,24)(H2,21,25,26). The summed E-state index contributed by atoms with van der Waals surface area (Å²) in [5.41, 5.74) is 1.49. The molecule has 0 radical (unpaired) electrons. The van der Waals surface area contributed by atoms with E-state index in [9.17, 15) is 18.0 Å². The molecule has 2 rings (SSSR count). The Morgan fingerprint density at radius 1 is 1.11 bits per heavy atom. The third-order valence-corrected chi connectivity index (χ3v) is 4.94. The van der Waals surface area contributed by atoms with E-state index < -0.39 is 27.9 Å². The fourth-order valence-corrected chi connectivity index (χ4v) is 3.21. The Hall–Kier alpha value is -2.71. The van der Waals surface area contributed by atoms with Crippen LogP contribution in [-0.4, -0.2) is 26.4 Å². The molecule has 0 heterocycles. The summed E-state index contributed by atoms with van der Waals surface area (Å²) >= 11 is 0. The van der Waals surface area contributed by atoms with Crippen molar-refractivity contribution in [3.8, 4) is 0 Å². The second-order valence-electron chi connectivity index (χ2n) is 6.70. The van der Waals surface area contributed by atoms with Crippen LogP contribution < -0.4 is 10.5 Å². The average molecular weight is 404 g/mol. The molecular formula is C20H24N2O5S. The topological polar surface area (TPSA) is 116 Å². The minimum Gasteiger partial charge on any atom is -0.463 e. The molecular weight excluding hydrogens is 380 g/mol. The maximum atomic E-state index is 12.8. The molecule has 8 heteroatoms. The van der Waals surface area contributed by atoms with Gasteiger partial charge in [-0.05, 0) is 44.0 Å². The first kappa shape index (κ1) is 21.6. The van der Waals surface area contributed by atoms with Crippen LogP contribution in [0.4, 0.5) is 0 Å². The number of carbonyl (C=O) groups is 2. The van der Waals surface area contributed by atoms with Crippen LogP contribution in [0, 0.1) is 6.92 Å². The summed E-state index contributed by atoms with van der Waals surface area (Å²) in [4.78, 5) is 24.8. The Bertz CT molecular complexity index is 956. The Morgan fingerprint density at radius 2 is 1.75 bits per heavy atom. The number of rotatable bonds is 7. The lowest BCUT2D eigenvalue weighted by molar-refractivity contribution is -0.147. The molecule has 1 unspecified atom stereocenters. The molecule has 0 bridgehead atoms. The zero-order valence-electron chi connectivity index (χ0n) is 16.0. The summed E-state index contributed by atoms with van der Waals surface area (Å²) in [7, 11) is -3.94. The first-order valence-corrected chi connectivity index (χ1v) is 10.3. The predicted octanol–water partition coefficient (Wildman–Crippen LogP) is 2.46. The first-order valence-electron chi connectivity index (χ1n) is 8.76. The van der Waals surface area contributed by atoms with Crippen molar-refractivity contribution in [3.63, 3.8) is 0 Å². The van der Waals surface area contributed by atoms with Crippen molar-refractivity contribution >= 4 is 21.9 Å². The molecule has 0 aliphatic heterocycles. The van der Waals surface area contributed by atoms with Crippen LogP contribution in [0.25, 0.3) is 0 Å². The molecule has 0 aliphatic carbocycles. The van der Waals surface area contributed by atoms with E-state index in [0.29, 0.717) is 5.56 Å². The molecule has 2 aromatic carbocycles. The summed E-state index contributed by atoms with van der Waals surface area (Å²) in [5, 5.41) is 7.96. The van der Waals surface area contributed by atoms with Crippen molar-refractivity contribution < 1.29 is 22.7 Å². The fraction of sp³-hybridized carbons (Fsp3) is 0.300. The van der Waals surface area contributed by atoms with Gasteiger partial charge in [-0.2, -0.15) is 0 Å². The minimum atomic E-state index is -3.94. The van der Waals surface area contributed by atoms with Crippen molar-refractivity contribution in [2.75, 3.05) is 0 Å². The fourth-order valence-electron chi connectivity index (χ4n) is 2.67. The quantitative estimate of drug-likeness (QED) is 0.688. The maximum Gasteiger partial charge on any atom is 0.308 e. The number of nitrogens with two attached hydrogens (primary N) is 1. The van der Waals surface area contributed by atoms with Crippen LogP contribution in [0.2, 0.25) is 0 Å². The van der Waals surface area contributed by atoms with E-state index in [1.165, 1.54) is 18.2 Å². The number of sulfonamides is 1. The van der Waals surface area contributed by atoms with E-state index in [1.54, 1.807) is 45.0 Å². The van der Waals surface area contributed by atoms with Crippen LogP contribution in [0.5, 0.6) is 0 Å². The minimum absolute atomic E-state index is 0.0537. The van der Waals surface area contributed by atoms with Gasteiger partial charge in [0.2, 0.25) is 10.0 Å². The highest BCUT2D eigenvalue weighted by Gasteiger charge is 2.22. The van der Waals surface area contributed by atoms with Gasteiger partial charge in [-0.15, -0.1) is 0 Å². The monoisotopic (exact) mass is 404 g/mol. The zero-order valence-corrected chi connectivity index (χ0v) is 16.8. The lowest BCUT2D eigenvalue weighted by Crippen LogP contribution is -2.31. The first-order chi connectivity index (χ1) is 13.1. The van der Waals surface area contributed by atoms with Crippen molar-refractivity contribution in [1.82, 2.24) is 5.32 Å². The van der Waals surface area contributed by atoms with Gasteiger partial charge in [0.15, 0.2) is 0 Å². The van der Waals surface area contributed by atoms with Gasteiger partial charge >= 0.3 is 5.97 Å². The molecule has 0 aliphatic rings. The molecule has 7 nitrogen and oxygen atoms in total. The third-order valence-electron chi connectivity index (χ3n) is 4.03. The summed E-state index contributed by atoms with van der Waals surface area (Å²) < 4.78 is 28.4. The van der Waals surface area contributed by atoms with E-state index in [1.807, 2.05) is 6.07 Å². The number of aryl methyl sites for hydroxylation is 1. The number of hydrogen-bond donors (Lipinski definition) is 2. The van der Waals surface area contributed by atoms with Crippen LogP contribution in [0.3, 0.4) is 0 Å². The molecule has 3 N–H and O–H groups in total. The lowest BCUT2D eigenvalue weighted by Gasteiger charge is -2.20. The van der Waals surface area contributed by atoms with Gasteiger partial charge in [-0.3, -0.25) is 9.59 Å². The average Bonchev–Trinajstić information content (AvgIpc) is 2.60. The summed E-state index contributed by atoms with van der Waals surface area (Å²) in [6, 6.07) is 12.5. The van der Waals surface area contributed by atoms with Crippen molar-refractivity contribution in [2.24, 2.45) is 5.14 Å². The van der Waals surface area contributed by atoms with E-state index in [-0.39, 0.29) is 23.0 Å². The molecule has 1 atom stereocenters. The highest BCUT2D eigenvalue weighted by Crippen LogP contribution is 2.20. The molecule has 150 valence electrons. The second kappa shape index (κ2) is 8.99.